The number of aromatic nitrogens is 3. The Morgan fingerprint density at radius 3 is 2.73 bits per heavy atom. The maximum absolute atomic E-state index is 12.1. The van der Waals surface area contributed by atoms with E-state index in [1.165, 1.54) is 24.6 Å². The average Bonchev–Trinajstić information content (AvgIpc) is 3.25. The molecule has 6 nitrogen and oxygen atoms in total. The van der Waals surface area contributed by atoms with E-state index >= 15 is 0 Å². The Bertz CT molecular complexity index is 744. The normalized spacial score (nSPS) is 15.8. The summed E-state index contributed by atoms with van der Waals surface area (Å²) in [4.78, 5) is 12.1. The zero-order valence-corrected chi connectivity index (χ0v) is 17.3. The fraction of sp³-hybridized carbons (Fsp3) is 0.500. The van der Waals surface area contributed by atoms with Crippen molar-refractivity contribution in [2.24, 2.45) is 7.05 Å². The molecule has 1 aliphatic rings. The highest BCUT2D eigenvalue weighted by atomic mass is 79.9. The highest BCUT2D eigenvalue weighted by Crippen LogP contribution is 2.25. The van der Waals surface area contributed by atoms with E-state index in [9.17, 15) is 4.79 Å². The van der Waals surface area contributed by atoms with Gasteiger partial charge in [0.15, 0.2) is 17.1 Å². The lowest BCUT2D eigenvalue weighted by molar-refractivity contribution is -0.119. The van der Waals surface area contributed by atoms with Crippen LogP contribution >= 0.6 is 27.7 Å². The molecule has 1 fully saturated rings. The lowest BCUT2D eigenvalue weighted by Gasteiger charge is -2.14. The van der Waals surface area contributed by atoms with Crippen molar-refractivity contribution in [3.05, 3.63) is 34.6 Å². The van der Waals surface area contributed by atoms with Gasteiger partial charge in [0.25, 0.3) is 0 Å². The van der Waals surface area contributed by atoms with Crippen LogP contribution in [0.4, 0.5) is 0 Å². The van der Waals surface area contributed by atoms with E-state index in [2.05, 4.69) is 31.4 Å². The number of amides is 1. The van der Waals surface area contributed by atoms with Crippen LogP contribution in [-0.4, -0.2) is 32.5 Å². The molecule has 26 heavy (non-hydrogen) atoms. The largest absolute Gasteiger partial charge is 0.483 e. The summed E-state index contributed by atoms with van der Waals surface area (Å²) in [6.07, 6.45) is 4.36. The van der Waals surface area contributed by atoms with E-state index in [-0.39, 0.29) is 12.0 Å². The predicted molar refractivity (Wildman–Crippen MR) is 105 cm³/mol. The van der Waals surface area contributed by atoms with Crippen LogP contribution in [0.5, 0.6) is 5.75 Å². The van der Waals surface area contributed by atoms with Crippen molar-refractivity contribution in [3.8, 4) is 5.75 Å². The van der Waals surface area contributed by atoms with E-state index in [4.69, 9.17) is 4.74 Å². The Balaban J connectivity index is 1.54. The van der Waals surface area contributed by atoms with E-state index < -0.39 is 0 Å². The zero-order chi connectivity index (χ0) is 18.5. The second-order valence-corrected chi connectivity index (χ2v) is 8.31. The molecule has 0 bridgehead atoms. The molecule has 0 saturated heterocycles. The molecule has 1 N–H and O–H groups in total. The molecule has 1 aromatic carbocycles. The average molecular weight is 439 g/mol. The second kappa shape index (κ2) is 8.90. The third-order valence-corrected chi connectivity index (χ3v) is 5.96. The van der Waals surface area contributed by atoms with E-state index in [0.717, 1.165) is 28.9 Å². The van der Waals surface area contributed by atoms with Crippen LogP contribution < -0.4 is 10.1 Å². The molecule has 1 aromatic heterocycles. The summed E-state index contributed by atoms with van der Waals surface area (Å²) in [5, 5.41) is 12.2. The van der Waals surface area contributed by atoms with Gasteiger partial charge in [-0.25, -0.2) is 0 Å². The van der Waals surface area contributed by atoms with Gasteiger partial charge in [-0.3, -0.25) is 4.79 Å². The first-order valence-corrected chi connectivity index (χ1v) is 10.5. The first-order valence-electron chi connectivity index (χ1n) is 8.76. The Kier molecular flexibility index (Phi) is 6.58. The van der Waals surface area contributed by atoms with Gasteiger partial charge in [0.1, 0.15) is 5.75 Å². The molecule has 0 spiro atoms. The maximum Gasteiger partial charge on any atom is 0.230 e. The number of carbonyl (C=O) groups is 1. The smallest absolute Gasteiger partial charge is 0.230 e. The molecule has 1 atom stereocenters. The predicted octanol–water partition coefficient (Wildman–Crippen LogP) is 3.87. The van der Waals surface area contributed by atoms with Crippen molar-refractivity contribution in [3.63, 3.8) is 0 Å². The Hall–Kier alpha value is -1.54. The van der Waals surface area contributed by atoms with Crippen LogP contribution in [0.15, 0.2) is 33.9 Å². The molecule has 1 heterocycles. The van der Waals surface area contributed by atoms with Crippen LogP contribution in [0.2, 0.25) is 0 Å². The molecule has 2 aromatic rings. The van der Waals surface area contributed by atoms with Gasteiger partial charge in [-0.1, -0.05) is 40.5 Å². The van der Waals surface area contributed by atoms with Gasteiger partial charge < -0.3 is 14.6 Å². The van der Waals surface area contributed by atoms with Crippen LogP contribution in [0, 0.1) is 0 Å². The molecule has 0 unspecified atom stereocenters. The van der Waals surface area contributed by atoms with E-state index in [1.807, 2.05) is 42.8 Å². The lowest BCUT2D eigenvalue weighted by atomic mass is 10.2. The van der Waals surface area contributed by atoms with Crippen LogP contribution in [-0.2, 0) is 11.8 Å². The quantitative estimate of drug-likeness (QED) is 0.664. The fourth-order valence-electron chi connectivity index (χ4n) is 3.05. The van der Waals surface area contributed by atoms with Gasteiger partial charge in [0.2, 0.25) is 5.91 Å². The minimum atomic E-state index is -0.240. The van der Waals surface area contributed by atoms with Crippen LogP contribution in [0.1, 0.15) is 44.5 Å². The van der Waals surface area contributed by atoms with E-state index in [0.29, 0.717) is 17.0 Å². The van der Waals surface area contributed by atoms with Crippen molar-refractivity contribution in [2.45, 2.75) is 49.9 Å². The molecular weight excluding hydrogens is 416 g/mol. The second-order valence-electron chi connectivity index (χ2n) is 6.45. The number of hydrogen-bond donors (Lipinski definition) is 1. The van der Waals surface area contributed by atoms with Crippen molar-refractivity contribution in [1.82, 2.24) is 20.1 Å². The molecule has 0 aliphatic heterocycles. The maximum atomic E-state index is 12.1. The van der Waals surface area contributed by atoms with Crippen LogP contribution in [0.3, 0.4) is 0 Å². The highest BCUT2D eigenvalue weighted by molar-refractivity contribution is 9.10. The van der Waals surface area contributed by atoms with Gasteiger partial charge in [0.05, 0.1) is 5.75 Å². The van der Waals surface area contributed by atoms with Gasteiger partial charge in [-0.15, -0.1) is 10.2 Å². The summed E-state index contributed by atoms with van der Waals surface area (Å²) in [5.74, 6) is 1.91. The third kappa shape index (κ3) is 5.01. The zero-order valence-electron chi connectivity index (χ0n) is 14.9. The van der Waals surface area contributed by atoms with Gasteiger partial charge >= 0.3 is 0 Å². The molecule has 8 heteroatoms. The third-order valence-electron chi connectivity index (χ3n) is 4.41. The topological polar surface area (TPSA) is 69.0 Å². The Morgan fingerprint density at radius 1 is 1.35 bits per heavy atom. The molecule has 140 valence electrons. The fourth-order valence-corrected chi connectivity index (χ4v) is 4.04. The molecule has 1 aliphatic carbocycles. The number of nitrogens with zero attached hydrogens (tertiary/aromatic N) is 3. The van der Waals surface area contributed by atoms with Gasteiger partial charge in [-0.05, 0) is 44.0 Å². The van der Waals surface area contributed by atoms with Crippen LogP contribution in [0.25, 0.3) is 0 Å². The van der Waals surface area contributed by atoms with Crippen molar-refractivity contribution in [2.75, 3.05) is 5.75 Å². The van der Waals surface area contributed by atoms with Gasteiger partial charge in [-0.2, -0.15) is 0 Å². The summed E-state index contributed by atoms with van der Waals surface area (Å²) in [7, 11) is 1.90. The lowest BCUT2D eigenvalue weighted by Crippen LogP contribution is -2.33. The molecule has 1 saturated carbocycles. The Labute approximate surface area is 166 Å². The number of thioether (sulfide) groups is 1. The first-order chi connectivity index (χ1) is 12.5. The SMILES string of the molecule is C[C@H](Oc1ccc(Br)cc1)c1nnc(SCC(=O)NC2CCCC2)n1C. The number of ether oxygens (including phenoxy) is 1. The van der Waals surface area contributed by atoms with Crippen molar-refractivity contribution < 1.29 is 9.53 Å². The summed E-state index contributed by atoms with van der Waals surface area (Å²) in [5.41, 5.74) is 0. The Morgan fingerprint density at radius 2 is 2.04 bits per heavy atom. The summed E-state index contributed by atoms with van der Waals surface area (Å²) >= 11 is 4.81. The molecule has 1 amide bonds. The summed E-state index contributed by atoms with van der Waals surface area (Å²) in [6, 6.07) is 8.02. The number of nitrogens with one attached hydrogen (secondary N) is 1. The first kappa shape index (κ1) is 19.2. The number of benzene rings is 1. The number of halogens is 1. The van der Waals surface area contributed by atoms with Crippen molar-refractivity contribution >= 4 is 33.6 Å². The van der Waals surface area contributed by atoms with E-state index in [1.54, 1.807) is 0 Å². The minimum absolute atomic E-state index is 0.0608. The van der Waals surface area contributed by atoms with Crippen molar-refractivity contribution in [1.29, 1.82) is 0 Å². The molecular formula is C18H23BrN4O2S. The molecule has 0 radical (unpaired) electrons. The monoisotopic (exact) mass is 438 g/mol. The standard InChI is InChI=1S/C18H23BrN4O2S/c1-12(25-15-9-7-13(19)8-10-15)17-21-22-18(23(17)2)26-11-16(24)20-14-5-3-4-6-14/h7-10,12,14H,3-6,11H2,1-2H3,(H,20,24)/t12-/m0/s1. The highest BCUT2D eigenvalue weighted by Gasteiger charge is 2.20. The number of hydrogen-bond acceptors (Lipinski definition) is 5. The summed E-state index contributed by atoms with van der Waals surface area (Å²) in [6.45, 7) is 1.94. The molecule has 3 rings (SSSR count). The summed E-state index contributed by atoms with van der Waals surface area (Å²) < 4.78 is 8.82. The van der Waals surface area contributed by atoms with Gasteiger partial charge in [0, 0.05) is 17.6 Å². The minimum Gasteiger partial charge on any atom is -0.483 e. The number of carbonyl (C=O) groups excluding carboxylic acids is 1. The number of rotatable bonds is 7.